The molecule has 1 aromatic rings. The average Bonchev–Trinajstić information content (AvgIpc) is 2.12. The second kappa shape index (κ2) is 6.52. The Morgan fingerprint density at radius 3 is 1.95 bits per heavy atom. The molecule has 0 spiro atoms. The quantitative estimate of drug-likeness (QED) is 0.615. The molecule has 1 rings (SSSR count). The number of carbonyl (C=O) groups is 1. The number of ether oxygens (including phenoxy) is 2. The van der Waals surface area contributed by atoms with Gasteiger partial charge < -0.3 is 9.47 Å². The van der Waals surface area contributed by atoms with E-state index in [2.05, 4.69) is 0 Å². The zero-order valence-electron chi connectivity index (χ0n) is 12.7. The van der Waals surface area contributed by atoms with Crippen molar-refractivity contribution in [2.75, 3.05) is 0 Å². The summed E-state index contributed by atoms with van der Waals surface area (Å²) in [6.45, 7) is 11.4. The molecule has 0 aliphatic rings. The number of para-hydroxylation sites is 1. The van der Waals surface area contributed by atoms with Gasteiger partial charge in [-0.3, -0.25) is 0 Å². The molecule has 3 nitrogen and oxygen atoms in total. The van der Waals surface area contributed by atoms with E-state index < -0.39 is 5.60 Å². The topological polar surface area (TPSA) is 35.5 Å². The van der Waals surface area contributed by atoms with Crippen molar-refractivity contribution in [1.29, 1.82) is 0 Å². The maximum Gasteiger partial charge on any atom is 0.342 e. The molecule has 0 saturated carbocycles. The first-order valence-corrected chi connectivity index (χ1v) is 6.10. The van der Waals surface area contributed by atoms with Crippen LogP contribution in [0.4, 0.5) is 0 Å². The van der Waals surface area contributed by atoms with Crippen molar-refractivity contribution in [2.45, 2.75) is 52.7 Å². The van der Waals surface area contributed by atoms with E-state index in [4.69, 9.17) is 9.47 Å². The zero-order chi connectivity index (χ0) is 14.0. The second-order valence-corrected chi connectivity index (χ2v) is 6.21. The minimum absolute atomic E-state index is 0. The van der Waals surface area contributed by atoms with Crippen molar-refractivity contribution in [1.82, 2.24) is 0 Å². The Morgan fingerprint density at radius 1 is 0.947 bits per heavy atom. The van der Waals surface area contributed by atoms with Crippen LogP contribution in [0, 0.1) is 0 Å². The van der Waals surface area contributed by atoms with Gasteiger partial charge in [0.15, 0.2) is 0 Å². The van der Waals surface area contributed by atoms with Crippen molar-refractivity contribution in [3.63, 3.8) is 0 Å². The summed E-state index contributed by atoms with van der Waals surface area (Å²) in [5, 5.41) is 0. The predicted molar refractivity (Wildman–Crippen MR) is 72.0 cm³/mol. The summed E-state index contributed by atoms with van der Waals surface area (Å²) >= 11 is 0. The van der Waals surface area contributed by atoms with Crippen LogP contribution >= 0.6 is 0 Å². The molecular formula is C15H22O3Zn. The molecule has 0 saturated heterocycles. The molecular weight excluding hydrogens is 294 g/mol. The summed E-state index contributed by atoms with van der Waals surface area (Å²) in [5.74, 6) is 0.196. The van der Waals surface area contributed by atoms with Crippen LogP contribution in [0.5, 0.6) is 5.75 Å². The molecule has 0 radical (unpaired) electrons. The smallest absolute Gasteiger partial charge is 0.342 e. The van der Waals surface area contributed by atoms with Gasteiger partial charge in [-0.1, -0.05) is 12.1 Å². The first-order chi connectivity index (χ1) is 8.08. The fraction of sp³-hybridized carbons (Fsp3) is 0.533. The van der Waals surface area contributed by atoms with Crippen molar-refractivity contribution >= 4 is 5.97 Å². The van der Waals surface area contributed by atoms with Gasteiger partial charge >= 0.3 is 5.97 Å². The third kappa shape index (κ3) is 6.72. The van der Waals surface area contributed by atoms with E-state index in [1.165, 1.54) is 0 Å². The van der Waals surface area contributed by atoms with Gasteiger partial charge in [0.1, 0.15) is 22.5 Å². The molecule has 0 amide bonds. The fourth-order valence-corrected chi connectivity index (χ4v) is 1.39. The first-order valence-electron chi connectivity index (χ1n) is 6.10. The molecule has 0 N–H and O–H groups in total. The van der Waals surface area contributed by atoms with E-state index in [9.17, 15) is 4.79 Å². The molecule has 0 aromatic heterocycles. The van der Waals surface area contributed by atoms with E-state index in [0.717, 1.165) is 0 Å². The number of esters is 1. The van der Waals surface area contributed by atoms with Crippen LogP contribution in [0.2, 0.25) is 0 Å². The minimum atomic E-state index is -0.508. The predicted octanol–water partition coefficient (Wildman–Crippen LogP) is 3.82. The van der Waals surface area contributed by atoms with Crippen LogP contribution < -0.4 is 4.74 Å². The summed E-state index contributed by atoms with van der Waals surface area (Å²) in [6.07, 6.45) is 0. The van der Waals surface area contributed by atoms with Crippen LogP contribution in [0.25, 0.3) is 0 Å². The first kappa shape index (κ1) is 18.1. The number of rotatable bonds is 2. The van der Waals surface area contributed by atoms with Gasteiger partial charge in [-0.15, -0.1) is 0 Å². The molecule has 0 fully saturated rings. The molecule has 0 unspecified atom stereocenters. The average molecular weight is 316 g/mol. The third-order valence-electron chi connectivity index (χ3n) is 1.92. The van der Waals surface area contributed by atoms with E-state index in [-0.39, 0.29) is 31.0 Å². The van der Waals surface area contributed by atoms with Crippen LogP contribution in [0.1, 0.15) is 51.9 Å². The van der Waals surface area contributed by atoms with Crippen molar-refractivity contribution in [3.05, 3.63) is 29.8 Å². The summed E-state index contributed by atoms with van der Waals surface area (Å²) in [6, 6.07) is 7.14. The Labute approximate surface area is 128 Å². The fourth-order valence-electron chi connectivity index (χ4n) is 1.39. The van der Waals surface area contributed by atoms with Gasteiger partial charge in [-0.2, -0.15) is 0 Å². The summed E-state index contributed by atoms with van der Waals surface area (Å²) < 4.78 is 11.1. The molecule has 4 heteroatoms. The number of hydrogen-bond acceptors (Lipinski definition) is 3. The van der Waals surface area contributed by atoms with E-state index in [0.29, 0.717) is 11.3 Å². The standard InChI is InChI=1S/C15H22O3.Zn/c1-14(2,3)17-12-10-8-7-9-11(12)13(16)18-15(4,5)6;/h7-10H,1-6H3;. The van der Waals surface area contributed by atoms with Crippen LogP contribution in [-0.4, -0.2) is 17.2 Å². The molecule has 0 heterocycles. The molecule has 0 aliphatic carbocycles. The van der Waals surface area contributed by atoms with E-state index in [1.54, 1.807) is 18.2 Å². The van der Waals surface area contributed by atoms with Gasteiger partial charge in [0, 0.05) is 19.5 Å². The second-order valence-electron chi connectivity index (χ2n) is 6.21. The Balaban J connectivity index is 0.00000324. The van der Waals surface area contributed by atoms with Crippen LogP contribution in [0.3, 0.4) is 0 Å². The van der Waals surface area contributed by atoms with E-state index >= 15 is 0 Å². The van der Waals surface area contributed by atoms with Crippen LogP contribution in [-0.2, 0) is 24.2 Å². The zero-order valence-corrected chi connectivity index (χ0v) is 15.7. The molecule has 102 valence electrons. The van der Waals surface area contributed by atoms with Crippen molar-refractivity contribution in [2.24, 2.45) is 0 Å². The number of hydrogen-bond donors (Lipinski definition) is 0. The van der Waals surface area contributed by atoms with Crippen LogP contribution in [0.15, 0.2) is 24.3 Å². The van der Waals surface area contributed by atoms with Gasteiger partial charge in [-0.05, 0) is 53.7 Å². The Hall–Kier alpha value is -0.887. The molecule has 19 heavy (non-hydrogen) atoms. The summed E-state index contributed by atoms with van der Waals surface area (Å²) in [7, 11) is 0. The van der Waals surface area contributed by atoms with Gasteiger partial charge in [0.2, 0.25) is 0 Å². The Morgan fingerprint density at radius 2 is 1.47 bits per heavy atom. The largest absolute Gasteiger partial charge is 0.487 e. The Kier molecular flexibility index (Phi) is 6.21. The maximum absolute atomic E-state index is 12.1. The number of benzene rings is 1. The van der Waals surface area contributed by atoms with Crippen molar-refractivity contribution < 1.29 is 33.7 Å². The normalized spacial score (nSPS) is 11.5. The van der Waals surface area contributed by atoms with E-state index in [1.807, 2.05) is 47.6 Å². The summed E-state index contributed by atoms with van der Waals surface area (Å²) in [5.41, 5.74) is -0.397. The van der Waals surface area contributed by atoms with Crippen molar-refractivity contribution in [3.8, 4) is 5.75 Å². The monoisotopic (exact) mass is 314 g/mol. The Bertz CT molecular complexity index is 428. The maximum atomic E-state index is 12.1. The molecule has 0 atom stereocenters. The number of carbonyl (C=O) groups excluding carboxylic acids is 1. The molecule has 1 aromatic carbocycles. The summed E-state index contributed by atoms with van der Waals surface area (Å²) in [4.78, 5) is 12.1. The van der Waals surface area contributed by atoms with Gasteiger partial charge in [0.05, 0.1) is 0 Å². The third-order valence-corrected chi connectivity index (χ3v) is 1.92. The SMILES string of the molecule is CC(C)(C)OC(=O)c1ccccc1OC(C)(C)C.[Zn]. The molecule has 0 bridgehead atoms. The molecule has 0 aliphatic heterocycles. The minimum Gasteiger partial charge on any atom is -0.487 e. The van der Waals surface area contributed by atoms with Gasteiger partial charge in [0.25, 0.3) is 0 Å². The van der Waals surface area contributed by atoms with Gasteiger partial charge in [-0.25, -0.2) is 4.79 Å².